The number of likely N-dealkylation sites (tertiary alicyclic amines) is 1. The van der Waals surface area contributed by atoms with Crippen molar-refractivity contribution in [2.24, 2.45) is 5.92 Å². The average Bonchev–Trinajstić information content (AvgIpc) is 2.66. The number of ether oxygens (including phenoxy) is 1. The van der Waals surface area contributed by atoms with Crippen LogP contribution in [0.25, 0.3) is 0 Å². The van der Waals surface area contributed by atoms with Gasteiger partial charge in [-0.2, -0.15) is 0 Å². The fourth-order valence-corrected chi connectivity index (χ4v) is 2.43. The van der Waals surface area contributed by atoms with Gasteiger partial charge < -0.3 is 14.7 Å². The van der Waals surface area contributed by atoms with Gasteiger partial charge in [0.25, 0.3) is 0 Å². The van der Waals surface area contributed by atoms with E-state index in [4.69, 9.17) is 4.74 Å². The molecular weight excluding hydrogens is 234 g/mol. The molecule has 96 valence electrons. The number of carbonyl (C=O) groups is 2. The minimum Gasteiger partial charge on any atom is -0.496 e. The van der Waals surface area contributed by atoms with Crippen molar-refractivity contribution in [3.05, 3.63) is 29.8 Å². The number of carbonyl (C=O) groups excluding carboxylic acids is 1. The van der Waals surface area contributed by atoms with Gasteiger partial charge in [-0.1, -0.05) is 18.2 Å². The van der Waals surface area contributed by atoms with Crippen molar-refractivity contribution in [3.8, 4) is 5.75 Å². The molecule has 1 aliphatic rings. The van der Waals surface area contributed by atoms with E-state index in [9.17, 15) is 14.7 Å². The summed E-state index contributed by atoms with van der Waals surface area (Å²) in [6.07, 6.45) is 0.0363. The molecular formula is C13H15NO4. The Balaban J connectivity index is 2.46. The Kier molecular flexibility index (Phi) is 3.23. The van der Waals surface area contributed by atoms with Crippen molar-refractivity contribution in [2.75, 3.05) is 14.2 Å². The van der Waals surface area contributed by atoms with Crippen LogP contribution in [0.5, 0.6) is 5.75 Å². The number of amides is 1. The zero-order valence-corrected chi connectivity index (χ0v) is 10.3. The molecule has 0 bridgehead atoms. The van der Waals surface area contributed by atoms with Crippen molar-refractivity contribution in [2.45, 2.75) is 12.5 Å². The lowest BCUT2D eigenvalue weighted by atomic mass is 9.93. The van der Waals surface area contributed by atoms with E-state index >= 15 is 0 Å². The molecule has 2 rings (SSSR count). The number of carboxylic acids is 1. The summed E-state index contributed by atoms with van der Waals surface area (Å²) in [4.78, 5) is 24.4. The third-order valence-corrected chi connectivity index (χ3v) is 3.36. The maximum Gasteiger partial charge on any atom is 0.309 e. The fraction of sp³-hybridized carbons (Fsp3) is 0.385. The quantitative estimate of drug-likeness (QED) is 0.876. The molecule has 0 saturated carbocycles. The van der Waals surface area contributed by atoms with Gasteiger partial charge in [-0.05, 0) is 6.07 Å². The average molecular weight is 249 g/mol. The Morgan fingerprint density at radius 2 is 2.11 bits per heavy atom. The molecule has 2 unspecified atom stereocenters. The second-order valence-corrected chi connectivity index (χ2v) is 4.34. The maximum absolute atomic E-state index is 11.7. The van der Waals surface area contributed by atoms with E-state index < -0.39 is 17.9 Å². The molecule has 2 atom stereocenters. The van der Waals surface area contributed by atoms with Crippen LogP contribution < -0.4 is 4.74 Å². The largest absolute Gasteiger partial charge is 0.496 e. The van der Waals surface area contributed by atoms with Gasteiger partial charge in [0.15, 0.2) is 0 Å². The normalized spacial score (nSPS) is 23.2. The minimum absolute atomic E-state index is 0.0363. The van der Waals surface area contributed by atoms with Crippen molar-refractivity contribution in [3.63, 3.8) is 0 Å². The van der Waals surface area contributed by atoms with E-state index in [2.05, 4.69) is 0 Å². The summed E-state index contributed by atoms with van der Waals surface area (Å²) in [7, 11) is 3.16. The van der Waals surface area contributed by atoms with Crippen molar-refractivity contribution in [1.29, 1.82) is 0 Å². The van der Waals surface area contributed by atoms with Crippen LogP contribution in [0.1, 0.15) is 18.0 Å². The Morgan fingerprint density at radius 1 is 1.44 bits per heavy atom. The number of carboxylic acid groups (broad SMARTS) is 1. The first-order chi connectivity index (χ1) is 8.56. The number of methoxy groups -OCH3 is 1. The predicted octanol–water partition coefficient (Wildman–Crippen LogP) is 1.30. The van der Waals surface area contributed by atoms with Gasteiger partial charge in [0.1, 0.15) is 5.75 Å². The predicted molar refractivity (Wildman–Crippen MR) is 64.2 cm³/mol. The van der Waals surface area contributed by atoms with Gasteiger partial charge in [-0.25, -0.2) is 0 Å². The molecule has 18 heavy (non-hydrogen) atoms. The molecule has 0 aliphatic carbocycles. The SMILES string of the molecule is COc1ccccc1C1C(C(=O)O)CC(=O)N1C. The lowest BCUT2D eigenvalue weighted by Gasteiger charge is -2.24. The number of benzene rings is 1. The summed E-state index contributed by atoms with van der Waals surface area (Å²) in [6.45, 7) is 0. The summed E-state index contributed by atoms with van der Waals surface area (Å²) < 4.78 is 5.24. The van der Waals surface area contributed by atoms with Crippen LogP contribution in [0.4, 0.5) is 0 Å². The zero-order chi connectivity index (χ0) is 13.3. The van der Waals surface area contributed by atoms with E-state index in [-0.39, 0.29) is 12.3 Å². The second kappa shape index (κ2) is 4.68. The van der Waals surface area contributed by atoms with Crippen molar-refractivity contribution in [1.82, 2.24) is 4.90 Å². The van der Waals surface area contributed by atoms with Gasteiger partial charge in [0.2, 0.25) is 5.91 Å². The summed E-state index contributed by atoms with van der Waals surface area (Å²) in [5.74, 6) is -1.23. The number of rotatable bonds is 3. The molecule has 1 heterocycles. The van der Waals surface area contributed by atoms with Crippen molar-refractivity contribution < 1.29 is 19.4 Å². The van der Waals surface area contributed by atoms with Crippen LogP contribution in [0.3, 0.4) is 0 Å². The number of nitrogens with zero attached hydrogens (tertiary/aromatic N) is 1. The van der Waals surface area contributed by atoms with Crippen LogP contribution in [0.15, 0.2) is 24.3 Å². The highest BCUT2D eigenvalue weighted by atomic mass is 16.5. The van der Waals surface area contributed by atoms with Crippen LogP contribution in [-0.4, -0.2) is 36.0 Å². The molecule has 5 nitrogen and oxygen atoms in total. The Bertz CT molecular complexity index is 486. The van der Waals surface area contributed by atoms with Crippen LogP contribution in [0, 0.1) is 5.92 Å². The Morgan fingerprint density at radius 3 is 2.72 bits per heavy atom. The van der Waals surface area contributed by atoms with E-state index in [0.717, 1.165) is 5.56 Å². The minimum atomic E-state index is -0.955. The molecule has 1 amide bonds. The van der Waals surface area contributed by atoms with Gasteiger partial charge >= 0.3 is 5.97 Å². The molecule has 0 radical (unpaired) electrons. The number of aliphatic carboxylic acids is 1. The van der Waals surface area contributed by atoms with Gasteiger partial charge in [-0.3, -0.25) is 9.59 Å². The molecule has 1 aromatic rings. The Hall–Kier alpha value is -2.04. The highest BCUT2D eigenvalue weighted by Crippen LogP contribution is 2.40. The first-order valence-electron chi connectivity index (χ1n) is 5.67. The lowest BCUT2D eigenvalue weighted by molar-refractivity contribution is -0.142. The first kappa shape index (κ1) is 12.4. The summed E-state index contributed by atoms with van der Waals surface area (Å²) in [5, 5.41) is 9.22. The zero-order valence-electron chi connectivity index (χ0n) is 10.3. The standard InChI is InChI=1S/C13H15NO4/c1-14-11(15)7-9(13(16)17)12(14)8-5-3-4-6-10(8)18-2/h3-6,9,12H,7H2,1-2H3,(H,16,17). The van der Waals surface area contributed by atoms with Crippen molar-refractivity contribution >= 4 is 11.9 Å². The third-order valence-electron chi connectivity index (χ3n) is 3.36. The molecule has 1 N–H and O–H groups in total. The molecule has 0 spiro atoms. The first-order valence-corrected chi connectivity index (χ1v) is 5.67. The number of para-hydroxylation sites is 1. The van der Waals surface area contributed by atoms with E-state index in [1.165, 1.54) is 12.0 Å². The van der Waals surface area contributed by atoms with Gasteiger partial charge in [0, 0.05) is 19.0 Å². The maximum atomic E-state index is 11.7. The topological polar surface area (TPSA) is 66.8 Å². The number of hydrogen-bond acceptors (Lipinski definition) is 3. The molecule has 0 aromatic heterocycles. The van der Waals surface area contributed by atoms with E-state index in [1.807, 2.05) is 12.1 Å². The smallest absolute Gasteiger partial charge is 0.309 e. The molecule has 5 heteroatoms. The number of hydrogen-bond donors (Lipinski definition) is 1. The van der Waals surface area contributed by atoms with E-state index in [1.54, 1.807) is 19.2 Å². The highest BCUT2D eigenvalue weighted by Gasteiger charge is 2.43. The fourth-order valence-electron chi connectivity index (χ4n) is 2.43. The second-order valence-electron chi connectivity index (χ2n) is 4.34. The van der Waals surface area contributed by atoms with Gasteiger partial charge in [-0.15, -0.1) is 0 Å². The molecule has 1 fully saturated rings. The Labute approximate surface area is 105 Å². The van der Waals surface area contributed by atoms with Crippen LogP contribution >= 0.6 is 0 Å². The van der Waals surface area contributed by atoms with Crippen LogP contribution in [0.2, 0.25) is 0 Å². The highest BCUT2D eigenvalue weighted by molar-refractivity contribution is 5.87. The third kappa shape index (κ3) is 1.92. The molecule has 1 aliphatic heterocycles. The monoisotopic (exact) mass is 249 g/mol. The summed E-state index contributed by atoms with van der Waals surface area (Å²) in [5.41, 5.74) is 0.737. The summed E-state index contributed by atoms with van der Waals surface area (Å²) in [6, 6.07) is 6.73. The summed E-state index contributed by atoms with van der Waals surface area (Å²) >= 11 is 0. The lowest BCUT2D eigenvalue weighted by Crippen LogP contribution is -2.27. The van der Waals surface area contributed by atoms with E-state index in [0.29, 0.717) is 5.75 Å². The van der Waals surface area contributed by atoms with Gasteiger partial charge in [0.05, 0.1) is 19.1 Å². The molecule has 1 aromatic carbocycles. The molecule has 1 saturated heterocycles. The van der Waals surface area contributed by atoms with Crippen LogP contribution in [-0.2, 0) is 9.59 Å².